The van der Waals surface area contributed by atoms with Gasteiger partial charge in [-0.25, -0.2) is 4.68 Å². The van der Waals surface area contributed by atoms with Crippen LogP contribution in [0, 0.1) is 0 Å². The molecule has 0 atom stereocenters. The molecule has 3 rings (SSSR count). The fraction of sp³-hybridized carbons (Fsp3) is 0.125. The van der Waals surface area contributed by atoms with Crippen LogP contribution in [0.4, 0.5) is 0 Å². The zero-order chi connectivity index (χ0) is 13.9. The predicted molar refractivity (Wildman–Crippen MR) is 77.0 cm³/mol. The first-order chi connectivity index (χ1) is 9.74. The van der Waals surface area contributed by atoms with E-state index in [9.17, 15) is 4.79 Å². The number of hydrogen-bond donors (Lipinski definition) is 1. The largest absolute Gasteiger partial charge is 0.481 e. The number of aryl methyl sites for hydroxylation is 1. The van der Waals surface area contributed by atoms with E-state index >= 15 is 0 Å². The molecule has 0 aliphatic carbocycles. The second kappa shape index (κ2) is 5.17. The highest BCUT2D eigenvalue weighted by Crippen LogP contribution is 2.18. The van der Waals surface area contributed by atoms with Crippen LogP contribution in [0.25, 0.3) is 16.6 Å². The first-order valence-electron chi connectivity index (χ1n) is 6.48. The van der Waals surface area contributed by atoms with E-state index in [0.29, 0.717) is 6.42 Å². The van der Waals surface area contributed by atoms with Crippen LogP contribution in [0.5, 0.6) is 0 Å². The van der Waals surface area contributed by atoms with Crippen LogP contribution in [0.15, 0.2) is 54.7 Å². The third-order valence-corrected chi connectivity index (χ3v) is 3.29. The van der Waals surface area contributed by atoms with Crippen molar-refractivity contribution in [3.05, 3.63) is 60.3 Å². The van der Waals surface area contributed by atoms with Gasteiger partial charge in [0.1, 0.15) is 0 Å². The summed E-state index contributed by atoms with van der Waals surface area (Å²) < 4.78 is 1.89. The normalized spacial score (nSPS) is 10.8. The molecule has 3 aromatic rings. The first-order valence-corrected chi connectivity index (χ1v) is 6.48. The number of carboxylic acids is 1. The molecule has 0 aliphatic rings. The smallest absolute Gasteiger partial charge is 0.303 e. The van der Waals surface area contributed by atoms with E-state index in [1.54, 1.807) is 0 Å². The van der Waals surface area contributed by atoms with E-state index < -0.39 is 5.97 Å². The van der Waals surface area contributed by atoms with Gasteiger partial charge < -0.3 is 5.11 Å². The molecule has 4 nitrogen and oxygen atoms in total. The zero-order valence-electron chi connectivity index (χ0n) is 10.9. The van der Waals surface area contributed by atoms with Gasteiger partial charge in [0.05, 0.1) is 17.4 Å². The maximum absolute atomic E-state index is 10.6. The fourth-order valence-electron chi connectivity index (χ4n) is 2.23. The van der Waals surface area contributed by atoms with E-state index in [4.69, 9.17) is 5.11 Å². The minimum Gasteiger partial charge on any atom is -0.481 e. The summed E-state index contributed by atoms with van der Waals surface area (Å²) in [6.45, 7) is 0. The molecule has 100 valence electrons. The Kier molecular flexibility index (Phi) is 3.21. The van der Waals surface area contributed by atoms with Gasteiger partial charge in [-0.05, 0) is 30.2 Å². The lowest BCUT2D eigenvalue weighted by atomic mass is 10.1. The summed E-state index contributed by atoms with van der Waals surface area (Å²) in [5.74, 6) is -0.771. The molecule has 2 aromatic carbocycles. The number of rotatable bonds is 4. The molecular formula is C16H14N2O2. The van der Waals surface area contributed by atoms with Gasteiger partial charge in [-0.15, -0.1) is 0 Å². The fourth-order valence-corrected chi connectivity index (χ4v) is 2.23. The highest BCUT2D eigenvalue weighted by molar-refractivity contribution is 5.80. The Balaban J connectivity index is 1.89. The van der Waals surface area contributed by atoms with Crippen LogP contribution in [0.2, 0.25) is 0 Å². The van der Waals surface area contributed by atoms with Gasteiger partial charge in [-0.1, -0.05) is 30.3 Å². The predicted octanol–water partition coefficient (Wildman–Crippen LogP) is 3.04. The van der Waals surface area contributed by atoms with Gasteiger partial charge in [0.2, 0.25) is 0 Å². The molecule has 0 spiro atoms. The Hall–Kier alpha value is -2.62. The number of carboxylic acid groups (broad SMARTS) is 1. The van der Waals surface area contributed by atoms with E-state index in [2.05, 4.69) is 5.10 Å². The molecule has 0 saturated carbocycles. The van der Waals surface area contributed by atoms with Crippen molar-refractivity contribution in [1.29, 1.82) is 0 Å². The summed E-state index contributed by atoms with van der Waals surface area (Å²) in [6, 6.07) is 15.9. The van der Waals surface area contributed by atoms with Gasteiger partial charge in [-0.2, -0.15) is 5.10 Å². The summed E-state index contributed by atoms with van der Waals surface area (Å²) in [6.07, 6.45) is 2.55. The van der Waals surface area contributed by atoms with Crippen molar-refractivity contribution in [2.45, 2.75) is 12.8 Å². The van der Waals surface area contributed by atoms with Gasteiger partial charge in [-0.3, -0.25) is 4.79 Å². The van der Waals surface area contributed by atoms with Gasteiger partial charge in [0, 0.05) is 11.8 Å². The topological polar surface area (TPSA) is 55.1 Å². The maximum Gasteiger partial charge on any atom is 0.303 e. The van der Waals surface area contributed by atoms with Crippen LogP contribution in [-0.4, -0.2) is 20.9 Å². The quantitative estimate of drug-likeness (QED) is 0.789. The molecule has 0 amide bonds. The van der Waals surface area contributed by atoms with Crippen LogP contribution < -0.4 is 0 Å². The lowest BCUT2D eigenvalue weighted by Crippen LogP contribution is -1.99. The molecule has 0 aliphatic heterocycles. The molecule has 0 saturated heterocycles. The Bertz CT molecular complexity index is 745. The molecule has 0 fully saturated rings. The molecule has 20 heavy (non-hydrogen) atoms. The number of hydrogen-bond acceptors (Lipinski definition) is 2. The minimum atomic E-state index is -0.771. The Morgan fingerprint density at radius 2 is 1.85 bits per heavy atom. The molecule has 0 bridgehead atoms. The van der Waals surface area contributed by atoms with Crippen LogP contribution in [0.1, 0.15) is 12.0 Å². The molecule has 1 aromatic heterocycles. The maximum atomic E-state index is 10.6. The lowest BCUT2D eigenvalue weighted by Gasteiger charge is -2.05. The molecule has 4 heteroatoms. The second-order valence-electron chi connectivity index (χ2n) is 4.68. The number of carbonyl (C=O) groups is 1. The van der Waals surface area contributed by atoms with Crippen molar-refractivity contribution in [2.75, 3.05) is 0 Å². The van der Waals surface area contributed by atoms with Crippen molar-refractivity contribution in [3.8, 4) is 5.69 Å². The standard InChI is InChI=1S/C16H14N2O2/c19-16(20)10-7-12-5-8-14(9-6-12)18-15-4-2-1-3-13(15)11-17-18/h1-6,8-9,11H,7,10H2,(H,19,20). The summed E-state index contributed by atoms with van der Waals surface area (Å²) in [5, 5.41) is 14.2. The molecular weight excluding hydrogens is 252 g/mol. The Morgan fingerprint density at radius 3 is 2.60 bits per heavy atom. The highest BCUT2D eigenvalue weighted by Gasteiger charge is 2.04. The van der Waals surface area contributed by atoms with Crippen molar-refractivity contribution < 1.29 is 9.90 Å². The van der Waals surface area contributed by atoms with Gasteiger partial charge in [0.15, 0.2) is 0 Å². The second-order valence-corrected chi connectivity index (χ2v) is 4.68. The van der Waals surface area contributed by atoms with E-state index in [1.165, 1.54) is 0 Å². The third-order valence-electron chi connectivity index (χ3n) is 3.29. The average Bonchev–Trinajstić information content (AvgIpc) is 2.89. The number of benzene rings is 2. The van der Waals surface area contributed by atoms with Crippen LogP contribution in [0.3, 0.4) is 0 Å². The minimum absolute atomic E-state index is 0.157. The van der Waals surface area contributed by atoms with Crippen LogP contribution in [-0.2, 0) is 11.2 Å². The number of aromatic nitrogens is 2. The lowest BCUT2D eigenvalue weighted by molar-refractivity contribution is -0.136. The summed E-state index contributed by atoms with van der Waals surface area (Å²) in [5.41, 5.74) is 3.06. The highest BCUT2D eigenvalue weighted by atomic mass is 16.4. The van der Waals surface area contributed by atoms with E-state index in [1.807, 2.05) is 59.4 Å². The SMILES string of the molecule is O=C(O)CCc1ccc(-n2ncc3ccccc32)cc1. The van der Waals surface area contributed by atoms with E-state index in [-0.39, 0.29) is 6.42 Å². The van der Waals surface area contributed by atoms with Crippen molar-refractivity contribution >= 4 is 16.9 Å². The Morgan fingerprint density at radius 1 is 1.10 bits per heavy atom. The number of para-hydroxylation sites is 1. The van der Waals surface area contributed by atoms with Crippen molar-refractivity contribution in [1.82, 2.24) is 9.78 Å². The summed E-state index contributed by atoms with van der Waals surface area (Å²) >= 11 is 0. The van der Waals surface area contributed by atoms with Crippen molar-refractivity contribution in [3.63, 3.8) is 0 Å². The first kappa shape index (κ1) is 12.4. The molecule has 0 radical (unpaired) electrons. The Labute approximate surface area is 116 Å². The summed E-state index contributed by atoms with van der Waals surface area (Å²) in [4.78, 5) is 10.6. The molecule has 1 N–H and O–H groups in total. The number of fused-ring (bicyclic) bond motifs is 1. The molecule has 0 unspecified atom stereocenters. The number of aliphatic carboxylic acids is 1. The van der Waals surface area contributed by atoms with Gasteiger partial charge >= 0.3 is 5.97 Å². The monoisotopic (exact) mass is 266 g/mol. The van der Waals surface area contributed by atoms with Gasteiger partial charge in [0.25, 0.3) is 0 Å². The van der Waals surface area contributed by atoms with Crippen molar-refractivity contribution in [2.24, 2.45) is 0 Å². The average molecular weight is 266 g/mol. The molecule has 1 heterocycles. The zero-order valence-corrected chi connectivity index (χ0v) is 10.9. The van der Waals surface area contributed by atoms with Crippen LogP contribution >= 0.6 is 0 Å². The van der Waals surface area contributed by atoms with E-state index in [0.717, 1.165) is 22.2 Å². The number of nitrogens with zero attached hydrogens (tertiary/aromatic N) is 2. The third kappa shape index (κ3) is 2.40. The summed E-state index contributed by atoms with van der Waals surface area (Å²) in [7, 11) is 0.